The zero-order valence-corrected chi connectivity index (χ0v) is 11.6. The highest BCUT2D eigenvalue weighted by Crippen LogP contribution is 2.10. The molecule has 0 spiro atoms. The molecule has 0 aliphatic heterocycles. The average molecular weight is 268 g/mol. The average Bonchev–Trinajstić information content (AvgIpc) is 2.47. The Labute approximate surface area is 117 Å². The molecule has 0 N–H and O–H groups in total. The molecule has 0 unspecified atom stereocenters. The van der Waals surface area contributed by atoms with E-state index in [1.807, 2.05) is 32.2 Å². The monoisotopic (exact) mass is 268 g/mol. The van der Waals surface area contributed by atoms with Gasteiger partial charge in [0.1, 0.15) is 0 Å². The minimum Gasteiger partial charge on any atom is -0.351 e. The number of aromatic nitrogens is 2. The number of rotatable bonds is 4. The first kappa shape index (κ1) is 13.8. The summed E-state index contributed by atoms with van der Waals surface area (Å²) in [5, 5.41) is 8.90. The van der Waals surface area contributed by atoms with E-state index in [-0.39, 0.29) is 5.56 Å². The summed E-state index contributed by atoms with van der Waals surface area (Å²) in [5.41, 5.74) is 1.48. The number of anilines is 1. The smallest absolute Gasteiger partial charge is 0.293 e. The molecule has 5 heteroatoms. The molecule has 0 saturated carbocycles. The fourth-order valence-corrected chi connectivity index (χ4v) is 2.03. The van der Waals surface area contributed by atoms with E-state index in [1.165, 1.54) is 0 Å². The molecule has 0 aliphatic carbocycles. The lowest BCUT2D eigenvalue weighted by Gasteiger charge is -2.18. The van der Waals surface area contributed by atoms with Crippen LogP contribution in [-0.2, 0) is 13.1 Å². The summed E-state index contributed by atoms with van der Waals surface area (Å²) in [5.74, 6) is 0.414. The molecule has 20 heavy (non-hydrogen) atoms. The lowest BCUT2D eigenvalue weighted by Crippen LogP contribution is -2.30. The van der Waals surface area contributed by atoms with Gasteiger partial charge in [0.05, 0.1) is 11.6 Å². The van der Waals surface area contributed by atoms with Crippen LogP contribution in [0, 0.1) is 11.3 Å². The van der Waals surface area contributed by atoms with E-state index in [0.717, 1.165) is 5.56 Å². The third-order valence-electron chi connectivity index (χ3n) is 3.07. The lowest BCUT2D eigenvalue weighted by atomic mass is 10.1. The predicted molar refractivity (Wildman–Crippen MR) is 77.4 cm³/mol. The highest BCUT2D eigenvalue weighted by Gasteiger charge is 2.10. The van der Waals surface area contributed by atoms with Gasteiger partial charge in [-0.05, 0) is 24.6 Å². The zero-order valence-electron chi connectivity index (χ0n) is 11.6. The van der Waals surface area contributed by atoms with Crippen LogP contribution in [0.3, 0.4) is 0 Å². The van der Waals surface area contributed by atoms with Crippen LogP contribution >= 0.6 is 0 Å². The van der Waals surface area contributed by atoms with Gasteiger partial charge in [0.15, 0.2) is 5.82 Å². The van der Waals surface area contributed by atoms with Crippen LogP contribution in [0.2, 0.25) is 0 Å². The van der Waals surface area contributed by atoms with Crippen LogP contribution in [0.4, 0.5) is 5.82 Å². The molecule has 0 saturated heterocycles. The quantitative estimate of drug-likeness (QED) is 0.848. The van der Waals surface area contributed by atoms with Crippen LogP contribution < -0.4 is 10.5 Å². The Hall–Kier alpha value is -2.61. The minimum atomic E-state index is -0.103. The van der Waals surface area contributed by atoms with Crippen LogP contribution in [0.1, 0.15) is 18.1 Å². The highest BCUT2D eigenvalue weighted by atomic mass is 16.1. The van der Waals surface area contributed by atoms with Gasteiger partial charge in [-0.1, -0.05) is 12.1 Å². The van der Waals surface area contributed by atoms with Gasteiger partial charge in [-0.25, -0.2) is 4.98 Å². The van der Waals surface area contributed by atoms with Crippen LogP contribution in [0.5, 0.6) is 0 Å². The normalized spacial score (nSPS) is 10.1. The number of nitrogens with zero attached hydrogens (tertiary/aromatic N) is 4. The van der Waals surface area contributed by atoms with Gasteiger partial charge in [0, 0.05) is 32.5 Å². The Morgan fingerprint density at radius 3 is 2.95 bits per heavy atom. The molecule has 1 aromatic carbocycles. The molecule has 2 aromatic rings. The summed E-state index contributed by atoms with van der Waals surface area (Å²) < 4.78 is 1.62. The molecule has 1 heterocycles. The molecular weight excluding hydrogens is 252 g/mol. The van der Waals surface area contributed by atoms with Crippen molar-refractivity contribution in [2.45, 2.75) is 20.0 Å². The van der Waals surface area contributed by atoms with Gasteiger partial charge >= 0.3 is 0 Å². The van der Waals surface area contributed by atoms with Crippen molar-refractivity contribution in [3.8, 4) is 6.07 Å². The van der Waals surface area contributed by atoms with Crippen LogP contribution in [-0.4, -0.2) is 16.6 Å². The Kier molecular flexibility index (Phi) is 4.16. The second-order valence-corrected chi connectivity index (χ2v) is 4.51. The maximum atomic E-state index is 12.2. The number of nitriles is 1. The molecule has 2 rings (SSSR count). The summed E-state index contributed by atoms with van der Waals surface area (Å²) in [6.45, 7) is 3.07. The summed E-state index contributed by atoms with van der Waals surface area (Å²) >= 11 is 0. The van der Waals surface area contributed by atoms with E-state index in [1.54, 1.807) is 27.9 Å². The third kappa shape index (κ3) is 2.86. The van der Waals surface area contributed by atoms with Crippen molar-refractivity contribution < 1.29 is 0 Å². The summed E-state index contributed by atoms with van der Waals surface area (Å²) in [7, 11) is 1.82. The molecule has 0 radical (unpaired) electrons. The predicted octanol–water partition coefficient (Wildman–Crippen LogP) is 1.77. The van der Waals surface area contributed by atoms with Gasteiger partial charge in [0.2, 0.25) is 0 Å². The van der Waals surface area contributed by atoms with E-state index in [4.69, 9.17) is 5.26 Å². The number of hydrogen-bond donors (Lipinski definition) is 0. The van der Waals surface area contributed by atoms with Crippen molar-refractivity contribution in [3.63, 3.8) is 0 Å². The zero-order chi connectivity index (χ0) is 14.5. The maximum absolute atomic E-state index is 12.2. The second kappa shape index (κ2) is 6.02. The molecule has 5 nitrogen and oxygen atoms in total. The fourth-order valence-electron chi connectivity index (χ4n) is 2.03. The van der Waals surface area contributed by atoms with Crippen molar-refractivity contribution in [2.24, 2.45) is 0 Å². The van der Waals surface area contributed by atoms with Crippen LogP contribution in [0.15, 0.2) is 41.5 Å². The van der Waals surface area contributed by atoms with Crippen molar-refractivity contribution in [1.82, 2.24) is 9.55 Å². The van der Waals surface area contributed by atoms with E-state index < -0.39 is 0 Å². The standard InChI is InChI=1S/C15H16N4O/c1-3-19-8-7-17-14(15(19)20)18(2)11-13-6-4-5-12(9-13)10-16/h4-9H,3,11H2,1-2H3. The van der Waals surface area contributed by atoms with Gasteiger partial charge in [0.25, 0.3) is 5.56 Å². The van der Waals surface area contributed by atoms with Crippen molar-refractivity contribution in [3.05, 3.63) is 58.1 Å². The Morgan fingerprint density at radius 2 is 2.25 bits per heavy atom. The maximum Gasteiger partial charge on any atom is 0.293 e. The fraction of sp³-hybridized carbons (Fsp3) is 0.267. The number of hydrogen-bond acceptors (Lipinski definition) is 4. The minimum absolute atomic E-state index is 0.103. The van der Waals surface area contributed by atoms with E-state index in [0.29, 0.717) is 24.5 Å². The molecule has 0 bridgehead atoms. The number of benzene rings is 1. The Balaban J connectivity index is 2.26. The lowest BCUT2D eigenvalue weighted by molar-refractivity contribution is 0.708. The third-order valence-corrected chi connectivity index (χ3v) is 3.07. The molecule has 1 aromatic heterocycles. The summed E-state index contributed by atoms with van der Waals surface area (Å²) in [6.07, 6.45) is 3.30. The van der Waals surface area contributed by atoms with Gasteiger partial charge < -0.3 is 9.47 Å². The topological polar surface area (TPSA) is 61.9 Å². The molecule has 0 atom stereocenters. The first-order chi connectivity index (χ1) is 9.65. The number of aryl methyl sites for hydroxylation is 1. The summed E-state index contributed by atoms with van der Waals surface area (Å²) in [6, 6.07) is 9.45. The Morgan fingerprint density at radius 1 is 1.45 bits per heavy atom. The van der Waals surface area contributed by atoms with E-state index in [9.17, 15) is 4.79 Å². The first-order valence-electron chi connectivity index (χ1n) is 6.41. The second-order valence-electron chi connectivity index (χ2n) is 4.51. The van der Waals surface area contributed by atoms with Crippen molar-refractivity contribution >= 4 is 5.82 Å². The van der Waals surface area contributed by atoms with Crippen LogP contribution in [0.25, 0.3) is 0 Å². The molecule has 0 fully saturated rings. The first-order valence-corrected chi connectivity index (χ1v) is 6.41. The van der Waals surface area contributed by atoms with Crippen molar-refractivity contribution in [1.29, 1.82) is 5.26 Å². The summed E-state index contributed by atoms with van der Waals surface area (Å²) in [4.78, 5) is 18.1. The molecule has 0 amide bonds. The molecular formula is C15H16N4O. The Bertz CT molecular complexity index is 700. The van der Waals surface area contributed by atoms with Gasteiger partial charge in [-0.2, -0.15) is 5.26 Å². The highest BCUT2D eigenvalue weighted by molar-refractivity contribution is 5.38. The van der Waals surface area contributed by atoms with Gasteiger partial charge in [-0.15, -0.1) is 0 Å². The van der Waals surface area contributed by atoms with E-state index in [2.05, 4.69) is 11.1 Å². The van der Waals surface area contributed by atoms with Gasteiger partial charge in [-0.3, -0.25) is 4.79 Å². The molecule has 102 valence electrons. The largest absolute Gasteiger partial charge is 0.351 e. The van der Waals surface area contributed by atoms with Crippen molar-refractivity contribution in [2.75, 3.05) is 11.9 Å². The van der Waals surface area contributed by atoms with E-state index >= 15 is 0 Å². The molecule has 0 aliphatic rings. The SMILES string of the molecule is CCn1ccnc(N(C)Cc2cccc(C#N)c2)c1=O.